The fourth-order valence-electron chi connectivity index (χ4n) is 2.63. The minimum atomic E-state index is -0.635. The first-order chi connectivity index (χ1) is 12.0. The predicted octanol–water partition coefficient (Wildman–Crippen LogP) is 3.05. The van der Waals surface area contributed by atoms with E-state index in [1.165, 1.54) is 23.5 Å². The number of benzene rings is 1. The Bertz CT molecular complexity index is 729. The standard InChI is InChI=1S/C16H18F2N4O2S/c1-22(9-13-3-2-4-24-13)16(23)19-15-21-20-14(25-15)7-10-5-11(17)8-12(18)6-10/h5-6,8,13H,2-4,7,9H2,1H3,(H,19,21,23). The number of anilines is 1. The molecule has 1 aromatic heterocycles. The second kappa shape index (κ2) is 7.83. The van der Waals surface area contributed by atoms with Crippen molar-refractivity contribution >= 4 is 22.5 Å². The Morgan fingerprint density at radius 2 is 2.12 bits per heavy atom. The molecule has 6 nitrogen and oxygen atoms in total. The van der Waals surface area contributed by atoms with Gasteiger partial charge >= 0.3 is 6.03 Å². The van der Waals surface area contributed by atoms with Crippen molar-refractivity contribution in [2.45, 2.75) is 25.4 Å². The average Bonchev–Trinajstić information content (AvgIpc) is 3.18. The van der Waals surface area contributed by atoms with Gasteiger partial charge in [0, 0.05) is 32.7 Å². The molecule has 2 heterocycles. The van der Waals surface area contributed by atoms with E-state index in [1.807, 2.05) is 0 Å². The Kier molecular flexibility index (Phi) is 5.54. The zero-order valence-electron chi connectivity index (χ0n) is 13.7. The number of nitrogens with one attached hydrogen (secondary N) is 1. The number of amides is 2. The summed E-state index contributed by atoms with van der Waals surface area (Å²) in [6, 6.07) is 3.02. The van der Waals surface area contributed by atoms with E-state index in [0.717, 1.165) is 25.5 Å². The van der Waals surface area contributed by atoms with E-state index in [0.29, 0.717) is 22.2 Å². The number of hydrogen-bond donors (Lipinski definition) is 1. The first kappa shape index (κ1) is 17.7. The van der Waals surface area contributed by atoms with Crippen LogP contribution in [0, 0.1) is 11.6 Å². The van der Waals surface area contributed by atoms with Crippen LogP contribution < -0.4 is 5.32 Å². The SMILES string of the molecule is CN(CC1CCCO1)C(=O)Nc1nnc(Cc2cc(F)cc(F)c2)s1. The normalized spacial score (nSPS) is 16.8. The van der Waals surface area contributed by atoms with Crippen molar-refractivity contribution in [2.75, 3.05) is 25.5 Å². The summed E-state index contributed by atoms with van der Waals surface area (Å²) in [4.78, 5) is 13.7. The quantitative estimate of drug-likeness (QED) is 0.881. The minimum absolute atomic E-state index is 0.0728. The number of carbonyl (C=O) groups excluding carboxylic acids is 1. The molecular formula is C16H18F2N4O2S. The molecule has 2 aromatic rings. The molecular weight excluding hydrogens is 350 g/mol. The van der Waals surface area contributed by atoms with Gasteiger partial charge in [0.25, 0.3) is 0 Å². The fraction of sp³-hybridized carbons (Fsp3) is 0.438. The molecule has 134 valence electrons. The van der Waals surface area contributed by atoms with E-state index in [-0.39, 0.29) is 18.6 Å². The van der Waals surface area contributed by atoms with Crippen LogP contribution in [0.3, 0.4) is 0 Å². The molecule has 1 saturated heterocycles. The van der Waals surface area contributed by atoms with Crippen molar-refractivity contribution in [3.05, 3.63) is 40.4 Å². The number of halogens is 2. The van der Waals surface area contributed by atoms with Crippen LogP contribution in [0.1, 0.15) is 23.4 Å². The number of hydrogen-bond acceptors (Lipinski definition) is 5. The Morgan fingerprint density at radius 3 is 2.80 bits per heavy atom. The molecule has 0 saturated carbocycles. The van der Waals surface area contributed by atoms with Crippen LogP contribution in [0.5, 0.6) is 0 Å². The molecule has 25 heavy (non-hydrogen) atoms. The maximum absolute atomic E-state index is 13.2. The van der Waals surface area contributed by atoms with Crippen LogP contribution in [0.2, 0.25) is 0 Å². The van der Waals surface area contributed by atoms with Gasteiger partial charge in [0.2, 0.25) is 5.13 Å². The summed E-state index contributed by atoms with van der Waals surface area (Å²) >= 11 is 1.17. The third-order valence-electron chi connectivity index (χ3n) is 3.81. The lowest BCUT2D eigenvalue weighted by Gasteiger charge is -2.20. The highest BCUT2D eigenvalue weighted by atomic mass is 32.1. The van der Waals surface area contributed by atoms with Crippen molar-refractivity contribution in [3.63, 3.8) is 0 Å². The molecule has 9 heteroatoms. The highest BCUT2D eigenvalue weighted by Gasteiger charge is 2.20. The van der Waals surface area contributed by atoms with E-state index in [9.17, 15) is 13.6 Å². The van der Waals surface area contributed by atoms with Crippen LogP contribution in [-0.4, -0.2) is 47.4 Å². The molecule has 1 unspecified atom stereocenters. The monoisotopic (exact) mass is 368 g/mol. The topological polar surface area (TPSA) is 67.3 Å². The van der Waals surface area contributed by atoms with E-state index in [2.05, 4.69) is 15.5 Å². The maximum Gasteiger partial charge on any atom is 0.323 e. The van der Waals surface area contributed by atoms with Crippen molar-refractivity contribution in [1.29, 1.82) is 0 Å². The number of likely N-dealkylation sites (N-methyl/N-ethyl adjacent to an activating group) is 1. The summed E-state index contributed by atoms with van der Waals surface area (Å²) in [5.74, 6) is -1.27. The second-order valence-corrected chi connectivity index (χ2v) is 6.96. The molecule has 1 fully saturated rings. The van der Waals surface area contributed by atoms with Gasteiger partial charge in [0.15, 0.2) is 0 Å². The Labute approximate surface area is 147 Å². The second-order valence-electron chi connectivity index (χ2n) is 5.90. The predicted molar refractivity (Wildman–Crippen MR) is 89.7 cm³/mol. The molecule has 1 aliphatic rings. The zero-order valence-corrected chi connectivity index (χ0v) is 14.5. The molecule has 1 aromatic carbocycles. The van der Waals surface area contributed by atoms with Crippen LogP contribution in [-0.2, 0) is 11.2 Å². The average molecular weight is 368 g/mol. The van der Waals surface area contributed by atoms with E-state index in [1.54, 1.807) is 11.9 Å². The van der Waals surface area contributed by atoms with E-state index < -0.39 is 11.6 Å². The highest BCUT2D eigenvalue weighted by Crippen LogP contribution is 2.20. The van der Waals surface area contributed by atoms with Gasteiger partial charge in [0.05, 0.1) is 6.10 Å². The molecule has 0 spiro atoms. The van der Waals surface area contributed by atoms with Gasteiger partial charge in [-0.1, -0.05) is 11.3 Å². The first-order valence-electron chi connectivity index (χ1n) is 7.90. The van der Waals surface area contributed by atoms with Gasteiger partial charge in [-0.05, 0) is 30.5 Å². The molecule has 0 bridgehead atoms. The van der Waals surface area contributed by atoms with Gasteiger partial charge < -0.3 is 9.64 Å². The lowest BCUT2D eigenvalue weighted by Crippen LogP contribution is -2.37. The number of rotatable bonds is 5. The van der Waals surface area contributed by atoms with Crippen molar-refractivity contribution in [1.82, 2.24) is 15.1 Å². The smallest absolute Gasteiger partial charge is 0.323 e. The Morgan fingerprint density at radius 1 is 1.36 bits per heavy atom. The van der Waals surface area contributed by atoms with Crippen molar-refractivity contribution in [2.24, 2.45) is 0 Å². The maximum atomic E-state index is 13.2. The van der Waals surface area contributed by atoms with Gasteiger partial charge in [-0.25, -0.2) is 13.6 Å². The molecule has 2 amide bonds. The van der Waals surface area contributed by atoms with Crippen molar-refractivity contribution < 1.29 is 18.3 Å². The number of nitrogens with zero attached hydrogens (tertiary/aromatic N) is 3. The first-order valence-corrected chi connectivity index (χ1v) is 8.72. The molecule has 0 radical (unpaired) electrons. The molecule has 3 rings (SSSR count). The lowest BCUT2D eigenvalue weighted by atomic mass is 10.1. The Hall–Kier alpha value is -2.13. The Balaban J connectivity index is 1.56. The van der Waals surface area contributed by atoms with E-state index >= 15 is 0 Å². The zero-order chi connectivity index (χ0) is 17.8. The molecule has 1 N–H and O–H groups in total. The summed E-state index contributed by atoms with van der Waals surface area (Å²) in [7, 11) is 1.69. The van der Waals surface area contributed by atoms with Gasteiger partial charge in [-0.3, -0.25) is 5.32 Å². The van der Waals surface area contributed by atoms with Gasteiger partial charge in [0.1, 0.15) is 16.6 Å². The summed E-state index contributed by atoms with van der Waals surface area (Å²) in [5, 5.41) is 11.4. The summed E-state index contributed by atoms with van der Waals surface area (Å²) < 4.78 is 31.9. The summed E-state index contributed by atoms with van der Waals surface area (Å²) in [6.07, 6.45) is 2.28. The van der Waals surface area contributed by atoms with Gasteiger partial charge in [-0.15, -0.1) is 10.2 Å². The lowest BCUT2D eigenvalue weighted by molar-refractivity contribution is 0.0894. The third kappa shape index (κ3) is 4.93. The third-order valence-corrected chi connectivity index (χ3v) is 4.65. The molecule has 1 aliphatic heterocycles. The summed E-state index contributed by atoms with van der Waals surface area (Å²) in [5.41, 5.74) is 0.460. The fourth-order valence-corrected chi connectivity index (χ4v) is 3.39. The number of ether oxygens (including phenoxy) is 1. The minimum Gasteiger partial charge on any atom is -0.376 e. The highest BCUT2D eigenvalue weighted by molar-refractivity contribution is 7.15. The van der Waals surface area contributed by atoms with Crippen molar-refractivity contribution in [3.8, 4) is 0 Å². The largest absolute Gasteiger partial charge is 0.376 e. The summed E-state index contributed by atoms with van der Waals surface area (Å²) in [6.45, 7) is 1.25. The molecule has 0 aliphatic carbocycles. The number of aromatic nitrogens is 2. The van der Waals surface area contributed by atoms with Crippen LogP contribution in [0.15, 0.2) is 18.2 Å². The van der Waals surface area contributed by atoms with E-state index in [4.69, 9.17) is 4.74 Å². The van der Waals surface area contributed by atoms with Crippen LogP contribution in [0.4, 0.5) is 18.7 Å². The number of urea groups is 1. The number of carbonyl (C=O) groups is 1. The van der Waals surface area contributed by atoms with Crippen LogP contribution in [0.25, 0.3) is 0 Å². The molecule has 1 atom stereocenters. The van der Waals surface area contributed by atoms with Crippen LogP contribution >= 0.6 is 11.3 Å². The van der Waals surface area contributed by atoms with Gasteiger partial charge in [-0.2, -0.15) is 0 Å².